The molecule has 0 radical (unpaired) electrons. The predicted molar refractivity (Wildman–Crippen MR) is 65.2 cm³/mol. The SMILES string of the molecule is CC(C)OCCNC(=O)C1(C#N)CCCCC1. The van der Waals surface area contributed by atoms with Gasteiger partial charge in [-0.25, -0.2) is 0 Å². The third-order valence-corrected chi connectivity index (χ3v) is 3.19. The van der Waals surface area contributed by atoms with Crippen molar-refractivity contribution in [2.75, 3.05) is 13.2 Å². The smallest absolute Gasteiger partial charge is 0.240 e. The average molecular weight is 238 g/mol. The second kappa shape index (κ2) is 6.61. The van der Waals surface area contributed by atoms with E-state index in [-0.39, 0.29) is 12.0 Å². The van der Waals surface area contributed by atoms with E-state index in [4.69, 9.17) is 4.74 Å². The van der Waals surface area contributed by atoms with Crippen LogP contribution in [0.25, 0.3) is 0 Å². The Hall–Kier alpha value is -1.08. The summed E-state index contributed by atoms with van der Waals surface area (Å²) in [4.78, 5) is 12.0. The van der Waals surface area contributed by atoms with Crippen LogP contribution in [0.15, 0.2) is 0 Å². The van der Waals surface area contributed by atoms with E-state index in [1.165, 1.54) is 0 Å². The van der Waals surface area contributed by atoms with Gasteiger partial charge in [-0.1, -0.05) is 19.3 Å². The van der Waals surface area contributed by atoms with Crippen LogP contribution in [0.3, 0.4) is 0 Å². The van der Waals surface area contributed by atoms with E-state index in [2.05, 4.69) is 11.4 Å². The van der Waals surface area contributed by atoms with Crippen LogP contribution in [0, 0.1) is 16.7 Å². The lowest BCUT2D eigenvalue weighted by Crippen LogP contribution is -2.42. The molecule has 4 nitrogen and oxygen atoms in total. The van der Waals surface area contributed by atoms with Gasteiger partial charge in [-0.05, 0) is 26.7 Å². The lowest BCUT2D eigenvalue weighted by Gasteiger charge is -2.29. The Balaban J connectivity index is 2.37. The summed E-state index contributed by atoms with van der Waals surface area (Å²) < 4.78 is 5.35. The van der Waals surface area contributed by atoms with Crippen LogP contribution in [-0.4, -0.2) is 25.2 Å². The average Bonchev–Trinajstić information content (AvgIpc) is 2.35. The first-order valence-corrected chi connectivity index (χ1v) is 6.42. The molecule has 0 heterocycles. The lowest BCUT2D eigenvalue weighted by molar-refractivity contribution is -0.129. The van der Waals surface area contributed by atoms with Gasteiger partial charge in [0.2, 0.25) is 5.91 Å². The molecule has 0 unspecified atom stereocenters. The number of hydrogen-bond acceptors (Lipinski definition) is 3. The molecule has 1 N–H and O–H groups in total. The van der Waals surface area contributed by atoms with Gasteiger partial charge in [0, 0.05) is 6.54 Å². The highest BCUT2D eigenvalue weighted by Gasteiger charge is 2.39. The minimum Gasteiger partial charge on any atom is -0.377 e. The maximum Gasteiger partial charge on any atom is 0.240 e. The maximum absolute atomic E-state index is 12.0. The highest BCUT2D eigenvalue weighted by molar-refractivity contribution is 5.85. The first-order valence-electron chi connectivity index (χ1n) is 6.42. The van der Waals surface area contributed by atoms with Crippen molar-refractivity contribution in [3.05, 3.63) is 0 Å². The van der Waals surface area contributed by atoms with Gasteiger partial charge in [0.25, 0.3) is 0 Å². The van der Waals surface area contributed by atoms with Crippen LogP contribution < -0.4 is 5.32 Å². The number of hydrogen-bond donors (Lipinski definition) is 1. The highest BCUT2D eigenvalue weighted by Crippen LogP contribution is 2.35. The number of rotatable bonds is 5. The second-order valence-corrected chi connectivity index (χ2v) is 4.93. The summed E-state index contributed by atoms with van der Waals surface area (Å²) in [6.07, 6.45) is 4.65. The van der Waals surface area contributed by atoms with Crippen molar-refractivity contribution >= 4 is 5.91 Å². The Morgan fingerprint density at radius 1 is 1.41 bits per heavy atom. The summed E-state index contributed by atoms with van der Waals surface area (Å²) in [5.41, 5.74) is -0.782. The largest absolute Gasteiger partial charge is 0.377 e. The van der Waals surface area contributed by atoms with E-state index in [9.17, 15) is 10.1 Å². The fourth-order valence-corrected chi connectivity index (χ4v) is 2.17. The summed E-state index contributed by atoms with van der Waals surface area (Å²) in [6.45, 7) is 4.91. The number of carbonyl (C=O) groups excluding carboxylic acids is 1. The van der Waals surface area contributed by atoms with Crippen LogP contribution >= 0.6 is 0 Å². The van der Waals surface area contributed by atoms with Crippen molar-refractivity contribution in [2.45, 2.75) is 52.1 Å². The minimum atomic E-state index is -0.782. The zero-order valence-electron chi connectivity index (χ0n) is 10.8. The molecule has 0 aromatic carbocycles. The molecule has 1 aliphatic carbocycles. The van der Waals surface area contributed by atoms with Gasteiger partial charge in [-0.3, -0.25) is 4.79 Å². The zero-order valence-corrected chi connectivity index (χ0v) is 10.8. The van der Waals surface area contributed by atoms with Crippen molar-refractivity contribution < 1.29 is 9.53 Å². The third kappa shape index (κ3) is 4.01. The molecule has 1 aliphatic rings. The highest BCUT2D eigenvalue weighted by atomic mass is 16.5. The van der Waals surface area contributed by atoms with Crippen LogP contribution in [0.2, 0.25) is 0 Å². The minimum absolute atomic E-state index is 0.118. The third-order valence-electron chi connectivity index (χ3n) is 3.19. The maximum atomic E-state index is 12.0. The molecule has 1 rings (SSSR count). The topological polar surface area (TPSA) is 62.1 Å². The van der Waals surface area contributed by atoms with Gasteiger partial charge in [0.15, 0.2) is 0 Å². The van der Waals surface area contributed by atoms with Crippen molar-refractivity contribution in [1.82, 2.24) is 5.32 Å². The zero-order chi connectivity index (χ0) is 12.7. The normalized spacial score (nSPS) is 18.7. The van der Waals surface area contributed by atoms with Gasteiger partial charge < -0.3 is 10.1 Å². The van der Waals surface area contributed by atoms with E-state index in [1.807, 2.05) is 13.8 Å². The summed E-state index contributed by atoms with van der Waals surface area (Å²) in [5.74, 6) is -0.118. The number of ether oxygens (including phenoxy) is 1. The quantitative estimate of drug-likeness (QED) is 0.745. The molecule has 0 aromatic rings. The molecular weight excluding hydrogens is 216 g/mol. The standard InChI is InChI=1S/C13H22N2O2/c1-11(2)17-9-8-15-12(16)13(10-14)6-4-3-5-7-13/h11H,3-9H2,1-2H3,(H,15,16). The van der Waals surface area contributed by atoms with E-state index < -0.39 is 5.41 Å². The van der Waals surface area contributed by atoms with Gasteiger partial charge >= 0.3 is 0 Å². The molecule has 0 aromatic heterocycles. The van der Waals surface area contributed by atoms with Gasteiger partial charge in [-0.2, -0.15) is 5.26 Å². The molecule has 0 atom stereocenters. The molecule has 17 heavy (non-hydrogen) atoms. The number of amides is 1. The van der Waals surface area contributed by atoms with Crippen molar-refractivity contribution in [3.63, 3.8) is 0 Å². The summed E-state index contributed by atoms with van der Waals surface area (Å²) in [5, 5.41) is 12.0. The molecular formula is C13H22N2O2. The molecule has 0 spiro atoms. The first-order chi connectivity index (χ1) is 8.10. The van der Waals surface area contributed by atoms with Crippen molar-refractivity contribution in [3.8, 4) is 6.07 Å². The summed E-state index contributed by atoms with van der Waals surface area (Å²) in [7, 11) is 0. The van der Waals surface area contributed by atoms with E-state index in [0.717, 1.165) is 19.3 Å². The molecule has 96 valence electrons. The van der Waals surface area contributed by atoms with E-state index in [0.29, 0.717) is 26.0 Å². The molecule has 0 saturated heterocycles. The first kappa shape index (κ1) is 14.0. The fraction of sp³-hybridized carbons (Fsp3) is 0.846. The Morgan fingerprint density at radius 2 is 2.06 bits per heavy atom. The fourth-order valence-electron chi connectivity index (χ4n) is 2.17. The van der Waals surface area contributed by atoms with E-state index in [1.54, 1.807) is 0 Å². The second-order valence-electron chi connectivity index (χ2n) is 4.93. The lowest BCUT2D eigenvalue weighted by atomic mass is 9.74. The van der Waals surface area contributed by atoms with Crippen LogP contribution in [-0.2, 0) is 9.53 Å². The number of nitrogens with one attached hydrogen (secondary N) is 1. The van der Waals surface area contributed by atoms with Gasteiger partial charge in [0.1, 0.15) is 5.41 Å². The molecule has 0 aliphatic heterocycles. The Kier molecular flexibility index (Phi) is 5.43. The summed E-state index contributed by atoms with van der Waals surface area (Å²) >= 11 is 0. The Bertz CT molecular complexity index is 288. The van der Waals surface area contributed by atoms with Crippen LogP contribution in [0.4, 0.5) is 0 Å². The molecule has 4 heteroatoms. The molecule has 1 saturated carbocycles. The van der Waals surface area contributed by atoms with Crippen LogP contribution in [0.5, 0.6) is 0 Å². The predicted octanol–water partition coefficient (Wildman–Crippen LogP) is 2.00. The van der Waals surface area contributed by atoms with E-state index >= 15 is 0 Å². The van der Waals surface area contributed by atoms with Crippen molar-refractivity contribution in [1.29, 1.82) is 5.26 Å². The van der Waals surface area contributed by atoms with Gasteiger partial charge in [0.05, 0.1) is 18.8 Å². The molecule has 1 fully saturated rings. The summed E-state index contributed by atoms with van der Waals surface area (Å²) in [6, 6.07) is 2.21. The monoisotopic (exact) mass is 238 g/mol. The molecule has 0 bridgehead atoms. The number of carbonyl (C=O) groups is 1. The van der Waals surface area contributed by atoms with Crippen molar-refractivity contribution in [2.24, 2.45) is 5.41 Å². The Morgan fingerprint density at radius 3 is 2.59 bits per heavy atom. The Labute approximate surface area is 103 Å². The number of nitriles is 1. The number of nitrogens with zero attached hydrogens (tertiary/aromatic N) is 1. The van der Waals surface area contributed by atoms with Crippen LogP contribution in [0.1, 0.15) is 46.0 Å². The van der Waals surface area contributed by atoms with Gasteiger partial charge in [-0.15, -0.1) is 0 Å². The molecule has 1 amide bonds.